The van der Waals surface area contributed by atoms with Crippen LogP contribution < -0.4 is 14.2 Å². The minimum Gasteiger partial charge on any atom is -0.493 e. The Hall–Kier alpha value is -1.73. The molecule has 1 heterocycles. The van der Waals surface area contributed by atoms with E-state index < -0.39 is 0 Å². The van der Waals surface area contributed by atoms with E-state index in [4.69, 9.17) is 26.4 Å². The van der Waals surface area contributed by atoms with E-state index in [2.05, 4.69) is 0 Å². The molecule has 7 heteroatoms. The second-order valence-electron chi connectivity index (χ2n) is 6.15. The number of nitrogens with zero attached hydrogens (tertiary/aromatic N) is 1. The summed E-state index contributed by atoms with van der Waals surface area (Å²) >= 11 is 6.65. The molecular formula is C17H21NO4S2. The summed E-state index contributed by atoms with van der Waals surface area (Å²) in [5.41, 5.74) is 0.422. The number of thiocarbonyl (C=S) groups is 1. The van der Waals surface area contributed by atoms with Crippen LogP contribution in [0.3, 0.4) is 0 Å². The van der Waals surface area contributed by atoms with Crippen molar-refractivity contribution >= 4 is 40.3 Å². The second kappa shape index (κ2) is 7.03. The van der Waals surface area contributed by atoms with Gasteiger partial charge in [-0.3, -0.25) is 9.69 Å². The number of thioether (sulfide) groups is 1. The van der Waals surface area contributed by atoms with Gasteiger partial charge in [0.1, 0.15) is 4.32 Å². The molecule has 5 nitrogen and oxygen atoms in total. The van der Waals surface area contributed by atoms with Gasteiger partial charge in [0.25, 0.3) is 5.91 Å². The maximum Gasteiger partial charge on any atom is 0.266 e. The van der Waals surface area contributed by atoms with Crippen molar-refractivity contribution in [2.45, 2.75) is 26.3 Å². The molecule has 1 aliphatic heterocycles. The molecule has 1 fully saturated rings. The SMILES string of the molecule is COc1cc(C=C2SC(=S)N(C(C)(C)C)C2=O)cc(OC)c1OC. The van der Waals surface area contributed by atoms with Crippen molar-refractivity contribution in [2.24, 2.45) is 0 Å². The zero-order chi connectivity index (χ0) is 18.1. The third kappa shape index (κ3) is 3.52. The Balaban J connectivity index is 2.45. The van der Waals surface area contributed by atoms with Crippen LogP contribution in [0.4, 0.5) is 0 Å². The highest BCUT2D eigenvalue weighted by Gasteiger charge is 2.39. The molecule has 0 radical (unpaired) electrons. The summed E-state index contributed by atoms with van der Waals surface area (Å²) < 4.78 is 16.6. The summed E-state index contributed by atoms with van der Waals surface area (Å²) in [5.74, 6) is 1.49. The molecule has 1 aliphatic rings. The largest absolute Gasteiger partial charge is 0.493 e. The number of ether oxygens (including phenoxy) is 3. The van der Waals surface area contributed by atoms with Crippen molar-refractivity contribution < 1.29 is 19.0 Å². The number of carbonyl (C=O) groups excluding carboxylic acids is 1. The Labute approximate surface area is 151 Å². The molecule has 0 N–H and O–H groups in total. The van der Waals surface area contributed by atoms with E-state index in [-0.39, 0.29) is 11.4 Å². The van der Waals surface area contributed by atoms with E-state index >= 15 is 0 Å². The van der Waals surface area contributed by atoms with Gasteiger partial charge in [-0.05, 0) is 44.5 Å². The average molecular weight is 367 g/mol. The summed E-state index contributed by atoms with van der Waals surface area (Å²) in [6, 6.07) is 3.59. The van der Waals surface area contributed by atoms with Crippen LogP contribution in [-0.4, -0.2) is 42.0 Å². The summed E-state index contributed by atoms with van der Waals surface area (Å²) in [6.45, 7) is 5.88. The van der Waals surface area contributed by atoms with Gasteiger partial charge in [0.05, 0.1) is 26.2 Å². The number of carbonyl (C=O) groups is 1. The predicted octanol–water partition coefficient (Wildman–Crippen LogP) is 3.71. The lowest BCUT2D eigenvalue weighted by Crippen LogP contribution is -2.44. The smallest absolute Gasteiger partial charge is 0.266 e. The molecule has 2 rings (SSSR count). The molecule has 1 amide bonds. The molecule has 1 aromatic rings. The summed E-state index contributed by atoms with van der Waals surface area (Å²) in [6.07, 6.45) is 1.79. The van der Waals surface area contributed by atoms with Crippen molar-refractivity contribution in [3.63, 3.8) is 0 Å². The highest BCUT2D eigenvalue weighted by Crippen LogP contribution is 2.41. The number of rotatable bonds is 4. The highest BCUT2D eigenvalue weighted by atomic mass is 32.2. The fraction of sp³-hybridized carbons (Fsp3) is 0.412. The van der Waals surface area contributed by atoms with E-state index in [1.54, 1.807) is 44.4 Å². The second-order valence-corrected chi connectivity index (χ2v) is 7.82. The average Bonchev–Trinajstić information content (AvgIpc) is 2.79. The Bertz CT molecular complexity index is 682. The van der Waals surface area contributed by atoms with Crippen molar-refractivity contribution in [1.82, 2.24) is 4.90 Å². The van der Waals surface area contributed by atoms with Crippen LogP contribution in [0.2, 0.25) is 0 Å². The first kappa shape index (κ1) is 18.6. The van der Waals surface area contributed by atoms with Crippen molar-refractivity contribution in [2.75, 3.05) is 21.3 Å². The van der Waals surface area contributed by atoms with Gasteiger partial charge in [0.15, 0.2) is 11.5 Å². The van der Waals surface area contributed by atoms with Gasteiger partial charge in [-0.1, -0.05) is 24.0 Å². The lowest BCUT2D eigenvalue weighted by atomic mass is 10.1. The van der Waals surface area contributed by atoms with Crippen LogP contribution in [0.15, 0.2) is 17.0 Å². The number of amides is 1. The molecule has 0 aliphatic carbocycles. The zero-order valence-corrected chi connectivity index (χ0v) is 16.3. The van der Waals surface area contributed by atoms with Crippen LogP contribution in [0, 0.1) is 0 Å². The summed E-state index contributed by atoms with van der Waals surface area (Å²) in [5, 5.41) is 0. The molecule has 24 heavy (non-hydrogen) atoms. The predicted molar refractivity (Wildman–Crippen MR) is 101 cm³/mol. The highest BCUT2D eigenvalue weighted by molar-refractivity contribution is 8.26. The standard InChI is InChI=1S/C17H21NO4S2/c1-17(2,3)18-15(19)13(24-16(18)23)9-10-7-11(20-4)14(22-6)12(8-10)21-5/h7-9H,1-6H3. The van der Waals surface area contributed by atoms with Crippen LogP contribution in [0.1, 0.15) is 26.3 Å². The number of methoxy groups -OCH3 is 3. The third-order valence-electron chi connectivity index (χ3n) is 3.45. The minimum absolute atomic E-state index is 0.0914. The van der Waals surface area contributed by atoms with Gasteiger partial charge in [0.2, 0.25) is 5.75 Å². The summed E-state index contributed by atoms with van der Waals surface area (Å²) in [4.78, 5) is 14.9. The van der Waals surface area contributed by atoms with Gasteiger partial charge in [-0.25, -0.2) is 0 Å². The van der Waals surface area contributed by atoms with Crippen LogP contribution in [0.5, 0.6) is 17.2 Å². The normalized spacial score (nSPS) is 16.8. The lowest BCUT2D eigenvalue weighted by Gasteiger charge is -2.30. The molecule has 0 saturated carbocycles. The number of hydrogen-bond acceptors (Lipinski definition) is 6. The first-order chi connectivity index (χ1) is 11.2. The molecule has 0 spiro atoms. The van der Waals surface area contributed by atoms with Crippen molar-refractivity contribution in [3.05, 3.63) is 22.6 Å². The Kier molecular flexibility index (Phi) is 5.45. The molecule has 0 atom stereocenters. The Morgan fingerprint density at radius 2 is 1.62 bits per heavy atom. The monoisotopic (exact) mass is 367 g/mol. The van der Waals surface area contributed by atoms with Gasteiger partial charge in [0, 0.05) is 5.54 Å². The van der Waals surface area contributed by atoms with E-state index in [0.717, 1.165) is 5.56 Å². The first-order valence-electron chi connectivity index (χ1n) is 7.31. The van der Waals surface area contributed by atoms with Crippen LogP contribution >= 0.6 is 24.0 Å². The maximum atomic E-state index is 12.7. The quantitative estimate of drug-likeness (QED) is 0.597. The van der Waals surface area contributed by atoms with Crippen molar-refractivity contribution in [3.8, 4) is 17.2 Å². The minimum atomic E-state index is -0.355. The van der Waals surface area contributed by atoms with Gasteiger partial charge in [-0.15, -0.1) is 0 Å². The molecule has 0 aromatic heterocycles. The van der Waals surface area contributed by atoms with Crippen molar-refractivity contribution in [1.29, 1.82) is 0 Å². The third-order valence-corrected chi connectivity index (χ3v) is 4.75. The molecular weight excluding hydrogens is 346 g/mol. The van der Waals surface area contributed by atoms with E-state index in [1.807, 2.05) is 20.8 Å². The zero-order valence-electron chi connectivity index (χ0n) is 14.6. The van der Waals surface area contributed by atoms with E-state index in [0.29, 0.717) is 26.5 Å². The Morgan fingerprint density at radius 1 is 1.08 bits per heavy atom. The van der Waals surface area contributed by atoms with E-state index in [9.17, 15) is 4.79 Å². The Morgan fingerprint density at radius 3 is 2.00 bits per heavy atom. The van der Waals surface area contributed by atoms with Crippen LogP contribution in [0.25, 0.3) is 6.08 Å². The molecule has 1 saturated heterocycles. The van der Waals surface area contributed by atoms with E-state index in [1.165, 1.54) is 11.8 Å². The lowest BCUT2D eigenvalue weighted by molar-refractivity contribution is -0.125. The first-order valence-corrected chi connectivity index (χ1v) is 8.53. The summed E-state index contributed by atoms with van der Waals surface area (Å²) in [7, 11) is 4.66. The van der Waals surface area contributed by atoms with Crippen LogP contribution in [-0.2, 0) is 4.79 Å². The topological polar surface area (TPSA) is 48.0 Å². The molecule has 1 aromatic carbocycles. The van der Waals surface area contributed by atoms with Gasteiger partial charge in [-0.2, -0.15) is 0 Å². The molecule has 130 valence electrons. The number of benzene rings is 1. The maximum absolute atomic E-state index is 12.7. The van der Waals surface area contributed by atoms with Gasteiger partial charge < -0.3 is 14.2 Å². The fourth-order valence-corrected chi connectivity index (χ4v) is 4.02. The number of hydrogen-bond donors (Lipinski definition) is 0. The fourth-order valence-electron chi connectivity index (χ4n) is 2.38. The molecule has 0 unspecified atom stereocenters. The molecule has 0 bridgehead atoms. The van der Waals surface area contributed by atoms with Gasteiger partial charge >= 0.3 is 0 Å².